The molecule has 1 unspecified atom stereocenters. The van der Waals surface area contributed by atoms with Crippen molar-refractivity contribution in [3.63, 3.8) is 0 Å². The molecule has 2 rings (SSSR count). The number of anilines is 1. The van der Waals surface area contributed by atoms with Crippen LogP contribution >= 0.6 is 28.6 Å². The van der Waals surface area contributed by atoms with E-state index in [-0.39, 0.29) is 11.2 Å². The average Bonchev–Trinajstić information content (AvgIpc) is 2.45. The molecule has 15 heavy (non-hydrogen) atoms. The van der Waals surface area contributed by atoms with Crippen LogP contribution in [0, 0.1) is 6.92 Å². The summed E-state index contributed by atoms with van der Waals surface area (Å²) in [5.74, 6) is 0.117. The standard InChI is InChI=1S/C10H11BrN2OS/c1-6-2-3-12-10(11)9(6)13-5-7(15)4-8(13)14/h2-3,7,15H,4-5H2,1H3. The number of thiol groups is 1. The smallest absolute Gasteiger partial charge is 0.228 e. The molecular formula is C10H11BrN2OS. The third-order valence-corrected chi connectivity index (χ3v) is 3.38. The van der Waals surface area contributed by atoms with E-state index in [1.165, 1.54) is 0 Å². The molecule has 0 N–H and O–H groups in total. The van der Waals surface area contributed by atoms with E-state index in [0.29, 0.717) is 13.0 Å². The molecule has 0 spiro atoms. The molecule has 1 aliphatic heterocycles. The van der Waals surface area contributed by atoms with Crippen molar-refractivity contribution in [1.29, 1.82) is 0 Å². The Bertz CT molecular complexity index is 390. The van der Waals surface area contributed by atoms with E-state index in [1.807, 2.05) is 13.0 Å². The largest absolute Gasteiger partial charge is 0.308 e. The minimum Gasteiger partial charge on any atom is -0.308 e. The number of halogens is 1. The van der Waals surface area contributed by atoms with E-state index >= 15 is 0 Å². The Kier molecular flexibility index (Phi) is 3.02. The van der Waals surface area contributed by atoms with Gasteiger partial charge < -0.3 is 4.90 Å². The van der Waals surface area contributed by atoms with Gasteiger partial charge in [0.25, 0.3) is 0 Å². The topological polar surface area (TPSA) is 33.2 Å². The molecule has 1 aliphatic rings. The molecule has 1 aromatic heterocycles. The molecule has 3 nitrogen and oxygen atoms in total. The van der Waals surface area contributed by atoms with Gasteiger partial charge in [-0.3, -0.25) is 4.79 Å². The highest BCUT2D eigenvalue weighted by Crippen LogP contribution is 2.32. The monoisotopic (exact) mass is 286 g/mol. The molecule has 0 saturated carbocycles. The highest BCUT2D eigenvalue weighted by atomic mass is 79.9. The average molecular weight is 287 g/mol. The first-order valence-electron chi connectivity index (χ1n) is 4.69. The fraction of sp³-hybridized carbons (Fsp3) is 0.400. The quantitative estimate of drug-likeness (QED) is 0.634. The maximum atomic E-state index is 11.7. The van der Waals surface area contributed by atoms with Gasteiger partial charge in [0.1, 0.15) is 4.60 Å². The number of amides is 1. The van der Waals surface area contributed by atoms with E-state index in [4.69, 9.17) is 0 Å². The molecule has 0 aliphatic carbocycles. The van der Waals surface area contributed by atoms with Crippen molar-refractivity contribution in [2.24, 2.45) is 0 Å². The maximum absolute atomic E-state index is 11.7. The van der Waals surface area contributed by atoms with Crippen LogP contribution < -0.4 is 4.90 Å². The number of carbonyl (C=O) groups is 1. The molecule has 1 amide bonds. The summed E-state index contributed by atoms with van der Waals surface area (Å²) in [5.41, 5.74) is 1.92. The van der Waals surface area contributed by atoms with Crippen molar-refractivity contribution >= 4 is 40.2 Å². The number of carbonyl (C=O) groups excluding carboxylic acids is 1. The zero-order valence-corrected chi connectivity index (χ0v) is 10.8. The molecule has 0 bridgehead atoms. The van der Waals surface area contributed by atoms with Crippen molar-refractivity contribution in [3.8, 4) is 0 Å². The molecule has 0 radical (unpaired) electrons. The molecule has 1 saturated heterocycles. The number of aromatic nitrogens is 1. The molecule has 1 fully saturated rings. The Morgan fingerprint density at radius 3 is 2.93 bits per heavy atom. The Morgan fingerprint density at radius 1 is 1.67 bits per heavy atom. The highest BCUT2D eigenvalue weighted by Gasteiger charge is 2.30. The second kappa shape index (κ2) is 4.14. The first kappa shape index (κ1) is 11.0. The SMILES string of the molecule is Cc1ccnc(Br)c1N1CC(S)CC1=O. The fourth-order valence-corrected chi connectivity index (χ4v) is 2.71. The van der Waals surface area contributed by atoms with Crippen LogP contribution in [0.4, 0.5) is 5.69 Å². The summed E-state index contributed by atoms with van der Waals surface area (Å²) in [6, 6.07) is 1.90. The van der Waals surface area contributed by atoms with E-state index in [9.17, 15) is 4.79 Å². The molecule has 2 heterocycles. The number of hydrogen-bond acceptors (Lipinski definition) is 3. The Morgan fingerprint density at radius 2 is 2.40 bits per heavy atom. The van der Waals surface area contributed by atoms with Gasteiger partial charge in [-0.05, 0) is 34.5 Å². The minimum absolute atomic E-state index is 0.117. The molecule has 5 heteroatoms. The van der Waals surface area contributed by atoms with E-state index < -0.39 is 0 Å². The highest BCUT2D eigenvalue weighted by molar-refractivity contribution is 9.10. The molecular weight excluding hydrogens is 276 g/mol. The Hall–Kier alpha value is -0.550. The Balaban J connectivity index is 2.41. The predicted octanol–water partition coefficient (Wildman–Crippen LogP) is 2.19. The maximum Gasteiger partial charge on any atom is 0.228 e. The van der Waals surface area contributed by atoms with Crippen molar-refractivity contribution in [3.05, 3.63) is 22.4 Å². The van der Waals surface area contributed by atoms with Gasteiger partial charge in [0.15, 0.2) is 0 Å². The first-order chi connectivity index (χ1) is 7.09. The van der Waals surface area contributed by atoms with Crippen LogP contribution in [0.2, 0.25) is 0 Å². The summed E-state index contributed by atoms with van der Waals surface area (Å²) in [4.78, 5) is 17.6. The third-order valence-electron chi connectivity index (χ3n) is 2.46. The second-order valence-corrected chi connectivity index (χ2v) is 5.11. The number of aryl methyl sites for hydroxylation is 1. The molecule has 80 valence electrons. The van der Waals surface area contributed by atoms with Crippen molar-refractivity contribution in [2.45, 2.75) is 18.6 Å². The number of nitrogens with zero attached hydrogens (tertiary/aromatic N) is 2. The van der Waals surface area contributed by atoms with Gasteiger partial charge in [0.05, 0.1) is 5.69 Å². The summed E-state index contributed by atoms with van der Waals surface area (Å²) in [6.07, 6.45) is 2.23. The molecule has 1 aromatic rings. The Labute approximate surface area is 102 Å². The lowest BCUT2D eigenvalue weighted by Gasteiger charge is -2.19. The summed E-state index contributed by atoms with van der Waals surface area (Å²) >= 11 is 7.71. The summed E-state index contributed by atoms with van der Waals surface area (Å²) in [5, 5.41) is 0.129. The minimum atomic E-state index is 0.117. The summed E-state index contributed by atoms with van der Waals surface area (Å²) in [6.45, 7) is 2.63. The third kappa shape index (κ3) is 2.03. The van der Waals surface area contributed by atoms with Gasteiger partial charge >= 0.3 is 0 Å². The molecule has 1 atom stereocenters. The second-order valence-electron chi connectivity index (χ2n) is 3.63. The van der Waals surface area contributed by atoms with Gasteiger partial charge in [-0.1, -0.05) is 0 Å². The van der Waals surface area contributed by atoms with Crippen LogP contribution in [-0.2, 0) is 4.79 Å². The van der Waals surface area contributed by atoms with Crippen LogP contribution in [-0.4, -0.2) is 22.7 Å². The number of hydrogen-bond donors (Lipinski definition) is 1. The van der Waals surface area contributed by atoms with Crippen LogP contribution in [0.3, 0.4) is 0 Å². The van der Waals surface area contributed by atoms with Gasteiger partial charge in [-0.25, -0.2) is 4.98 Å². The summed E-state index contributed by atoms with van der Waals surface area (Å²) < 4.78 is 0.721. The van der Waals surface area contributed by atoms with Crippen LogP contribution in [0.15, 0.2) is 16.9 Å². The lowest BCUT2D eigenvalue weighted by Crippen LogP contribution is -2.26. The molecule has 0 aromatic carbocycles. The van der Waals surface area contributed by atoms with E-state index in [1.54, 1.807) is 11.1 Å². The zero-order chi connectivity index (χ0) is 11.0. The van der Waals surface area contributed by atoms with E-state index in [0.717, 1.165) is 15.9 Å². The predicted molar refractivity (Wildman–Crippen MR) is 66.4 cm³/mol. The van der Waals surface area contributed by atoms with Gasteiger partial charge in [-0.2, -0.15) is 12.6 Å². The zero-order valence-electron chi connectivity index (χ0n) is 8.27. The van der Waals surface area contributed by atoms with Gasteiger partial charge in [-0.15, -0.1) is 0 Å². The van der Waals surface area contributed by atoms with E-state index in [2.05, 4.69) is 33.5 Å². The number of pyridine rings is 1. The van der Waals surface area contributed by atoms with Crippen molar-refractivity contribution in [1.82, 2.24) is 4.98 Å². The van der Waals surface area contributed by atoms with Crippen LogP contribution in [0.25, 0.3) is 0 Å². The lowest BCUT2D eigenvalue weighted by molar-refractivity contribution is -0.117. The fourth-order valence-electron chi connectivity index (χ4n) is 1.75. The van der Waals surface area contributed by atoms with Gasteiger partial charge in [0, 0.05) is 24.4 Å². The van der Waals surface area contributed by atoms with Crippen LogP contribution in [0.5, 0.6) is 0 Å². The first-order valence-corrected chi connectivity index (χ1v) is 6.00. The van der Waals surface area contributed by atoms with Gasteiger partial charge in [0.2, 0.25) is 5.91 Å². The normalized spacial score (nSPS) is 21.1. The van der Waals surface area contributed by atoms with Crippen molar-refractivity contribution in [2.75, 3.05) is 11.4 Å². The van der Waals surface area contributed by atoms with Crippen LogP contribution in [0.1, 0.15) is 12.0 Å². The number of rotatable bonds is 1. The summed E-state index contributed by atoms with van der Waals surface area (Å²) in [7, 11) is 0. The lowest BCUT2D eigenvalue weighted by atomic mass is 10.2. The van der Waals surface area contributed by atoms with Crippen molar-refractivity contribution < 1.29 is 4.79 Å².